The van der Waals surface area contributed by atoms with Gasteiger partial charge in [0, 0.05) is 10.2 Å². The average molecular weight is 382 g/mol. The zero-order chi connectivity index (χ0) is 16.3. The first-order valence-corrected chi connectivity index (χ1v) is 7.69. The second kappa shape index (κ2) is 6.94. The van der Waals surface area contributed by atoms with Crippen molar-refractivity contribution in [1.82, 2.24) is 0 Å². The molecule has 0 saturated carbocycles. The molecule has 0 aliphatic rings. The first kappa shape index (κ1) is 16.5. The zero-order valence-corrected chi connectivity index (χ0v) is 14.2. The van der Waals surface area contributed by atoms with E-state index in [9.17, 15) is 9.59 Å². The second-order valence-corrected chi connectivity index (χ2v) is 6.08. The number of nitrogens with zero attached hydrogens (tertiary/aromatic N) is 1. The Morgan fingerprint density at radius 2 is 1.82 bits per heavy atom. The molecule has 0 atom stereocenters. The Balaban J connectivity index is 2.54. The van der Waals surface area contributed by atoms with Crippen LogP contribution in [0.25, 0.3) is 0 Å². The number of benzene rings is 2. The first-order valence-electron chi connectivity index (χ1n) is 6.52. The molecule has 4 nitrogen and oxygen atoms in total. The number of para-hydroxylation sites is 1. The van der Waals surface area contributed by atoms with E-state index in [1.165, 1.54) is 11.8 Å². The third-order valence-corrected chi connectivity index (χ3v) is 3.86. The maximum absolute atomic E-state index is 12.5. The van der Waals surface area contributed by atoms with Crippen LogP contribution in [0.3, 0.4) is 0 Å². The van der Waals surface area contributed by atoms with Gasteiger partial charge < -0.3 is 5.73 Å². The largest absolute Gasteiger partial charge is 0.396 e. The Labute approximate surface area is 142 Å². The number of Topliss-reactive ketones (excluding diaryl/α,β-unsaturated/α-hetero) is 1. The van der Waals surface area contributed by atoms with Crippen molar-refractivity contribution in [2.75, 3.05) is 10.6 Å². The molecule has 0 saturated heterocycles. The monoisotopic (exact) mass is 380 g/mol. The van der Waals surface area contributed by atoms with Crippen LogP contribution in [0.2, 0.25) is 5.02 Å². The van der Waals surface area contributed by atoms with Crippen LogP contribution in [0.1, 0.15) is 13.3 Å². The van der Waals surface area contributed by atoms with Gasteiger partial charge >= 0.3 is 0 Å². The van der Waals surface area contributed by atoms with Gasteiger partial charge in [0.2, 0.25) is 5.91 Å². The SMILES string of the molecule is CC(=O)CC(=O)N(c1ccc(Br)cc1)c1cccc(Cl)c1N. The normalized spacial score (nSPS) is 10.3. The molecule has 0 aliphatic carbocycles. The minimum absolute atomic E-state index is 0.206. The molecule has 22 heavy (non-hydrogen) atoms. The predicted octanol–water partition coefficient (Wildman–Crippen LogP) is 4.33. The highest BCUT2D eigenvalue weighted by Gasteiger charge is 2.22. The van der Waals surface area contributed by atoms with Crippen LogP contribution in [0.5, 0.6) is 0 Å². The van der Waals surface area contributed by atoms with Crippen molar-refractivity contribution in [1.29, 1.82) is 0 Å². The summed E-state index contributed by atoms with van der Waals surface area (Å²) >= 11 is 9.39. The molecule has 0 aromatic heterocycles. The van der Waals surface area contributed by atoms with Crippen molar-refractivity contribution in [3.05, 3.63) is 52.0 Å². The molecule has 0 heterocycles. The number of anilines is 3. The second-order valence-electron chi connectivity index (χ2n) is 4.76. The number of nitrogen functional groups attached to an aromatic ring is 1. The van der Waals surface area contributed by atoms with Gasteiger partial charge in [-0.05, 0) is 43.3 Å². The third kappa shape index (κ3) is 3.67. The summed E-state index contributed by atoms with van der Waals surface area (Å²) in [6, 6.07) is 12.2. The van der Waals surface area contributed by atoms with Crippen molar-refractivity contribution in [3.8, 4) is 0 Å². The Kier molecular flexibility index (Phi) is 5.21. The lowest BCUT2D eigenvalue weighted by molar-refractivity contribution is -0.125. The molecule has 2 rings (SSSR count). The van der Waals surface area contributed by atoms with E-state index in [0.717, 1.165) is 4.47 Å². The average Bonchev–Trinajstić information content (AvgIpc) is 2.45. The van der Waals surface area contributed by atoms with Gasteiger partial charge in [-0.1, -0.05) is 33.6 Å². The number of amides is 1. The van der Waals surface area contributed by atoms with Gasteiger partial charge in [-0.2, -0.15) is 0 Å². The van der Waals surface area contributed by atoms with Crippen molar-refractivity contribution >= 4 is 56.3 Å². The quantitative estimate of drug-likeness (QED) is 0.633. The molecular weight excluding hydrogens is 368 g/mol. The molecule has 0 aliphatic heterocycles. The van der Waals surface area contributed by atoms with E-state index < -0.39 is 0 Å². The molecule has 114 valence electrons. The minimum atomic E-state index is -0.358. The molecule has 0 spiro atoms. The fourth-order valence-electron chi connectivity index (χ4n) is 2.02. The lowest BCUT2D eigenvalue weighted by Gasteiger charge is -2.24. The van der Waals surface area contributed by atoms with Crippen molar-refractivity contribution in [2.24, 2.45) is 0 Å². The first-order chi connectivity index (χ1) is 10.4. The van der Waals surface area contributed by atoms with E-state index in [1.807, 2.05) is 12.1 Å². The van der Waals surface area contributed by atoms with Gasteiger partial charge in [-0.15, -0.1) is 0 Å². The molecule has 2 aromatic rings. The molecule has 1 amide bonds. The molecule has 2 N–H and O–H groups in total. The highest BCUT2D eigenvalue weighted by atomic mass is 79.9. The summed E-state index contributed by atoms with van der Waals surface area (Å²) in [5.74, 6) is -0.573. The van der Waals surface area contributed by atoms with E-state index in [1.54, 1.807) is 30.3 Å². The summed E-state index contributed by atoms with van der Waals surface area (Å²) in [4.78, 5) is 25.2. The number of carbonyl (C=O) groups excluding carboxylic acids is 2. The van der Waals surface area contributed by atoms with Crippen LogP contribution in [-0.4, -0.2) is 11.7 Å². The van der Waals surface area contributed by atoms with E-state index in [-0.39, 0.29) is 18.1 Å². The van der Waals surface area contributed by atoms with Crippen LogP contribution < -0.4 is 10.6 Å². The van der Waals surface area contributed by atoms with Gasteiger partial charge in [-0.25, -0.2) is 0 Å². The summed E-state index contributed by atoms with van der Waals surface area (Å²) < 4.78 is 0.884. The van der Waals surface area contributed by atoms with Gasteiger partial charge in [0.1, 0.15) is 5.78 Å². The molecule has 0 unspecified atom stereocenters. The van der Waals surface area contributed by atoms with Crippen molar-refractivity contribution in [3.63, 3.8) is 0 Å². The Morgan fingerprint density at radius 3 is 2.41 bits per heavy atom. The molecule has 6 heteroatoms. The standard InChI is InChI=1S/C16H14BrClN2O2/c1-10(21)9-15(22)20(12-7-5-11(17)6-8-12)14-4-2-3-13(18)16(14)19/h2-8H,9,19H2,1H3. The molecule has 0 radical (unpaired) electrons. The van der Waals surface area contributed by atoms with Crippen LogP contribution in [-0.2, 0) is 9.59 Å². The molecule has 0 fully saturated rings. The van der Waals surface area contributed by atoms with Crippen LogP contribution in [0, 0.1) is 0 Å². The van der Waals surface area contributed by atoms with Gasteiger partial charge in [0.25, 0.3) is 0 Å². The van der Waals surface area contributed by atoms with Crippen LogP contribution in [0.4, 0.5) is 17.1 Å². The van der Waals surface area contributed by atoms with Gasteiger partial charge in [-0.3, -0.25) is 14.5 Å². The fourth-order valence-corrected chi connectivity index (χ4v) is 2.45. The Morgan fingerprint density at radius 1 is 1.18 bits per heavy atom. The lowest BCUT2D eigenvalue weighted by Crippen LogP contribution is -2.28. The summed E-state index contributed by atoms with van der Waals surface area (Å²) in [7, 11) is 0. The van der Waals surface area contributed by atoms with E-state index in [0.29, 0.717) is 22.1 Å². The predicted molar refractivity (Wildman–Crippen MR) is 92.5 cm³/mol. The maximum atomic E-state index is 12.5. The molecular formula is C16H14BrClN2O2. The third-order valence-electron chi connectivity index (χ3n) is 3.01. The van der Waals surface area contributed by atoms with E-state index >= 15 is 0 Å². The highest BCUT2D eigenvalue weighted by molar-refractivity contribution is 9.10. The van der Waals surface area contributed by atoms with Gasteiger partial charge in [0.15, 0.2) is 0 Å². The highest BCUT2D eigenvalue weighted by Crippen LogP contribution is 2.35. The van der Waals surface area contributed by atoms with E-state index in [4.69, 9.17) is 17.3 Å². The lowest BCUT2D eigenvalue weighted by atomic mass is 10.1. The summed E-state index contributed by atoms with van der Waals surface area (Å²) in [6.45, 7) is 1.37. The fraction of sp³-hybridized carbons (Fsp3) is 0.125. The molecule has 2 aromatic carbocycles. The zero-order valence-electron chi connectivity index (χ0n) is 11.8. The molecule has 0 bridgehead atoms. The topological polar surface area (TPSA) is 63.4 Å². The number of hydrogen-bond donors (Lipinski definition) is 1. The number of hydrogen-bond acceptors (Lipinski definition) is 3. The smallest absolute Gasteiger partial charge is 0.239 e. The Hall–Kier alpha value is -1.85. The van der Waals surface area contributed by atoms with Crippen molar-refractivity contribution < 1.29 is 9.59 Å². The number of ketones is 1. The van der Waals surface area contributed by atoms with Gasteiger partial charge in [0.05, 0.1) is 22.8 Å². The number of carbonyl (C=O) groups is 2. The van der Waals surface area contributed by atoms with Crippen LogP contribution in [0.15, 0.2) is 46.9 Å². The van der Waals surface area contributed by atoms with Crippen molar-refractivity contribution in [2.45, 2.75) is 13.3 Å². The number of halogens is 2. The number of nitrogens with two attached hydrogens (primary N) is 1. The Bertz CT molecular complexity index is 717. The number of rotatable bonds is 4. The van der Waals surface area contributed by atoms with E-state index in [2.05, 4.69) is 15.9 Å². The maximum Gasteiger partial charge on any atom is 0.239 e. The summed E-state index contributed by atoms with van der Waals surface area (Å²) in [5, 5.41) is 0.357. The summed E-state index contributed by atoms with van der Waals surface area (Å²) in [6.07, 6.45) is -0.206. The minimum Gasteiger partial charge on any atom is -0.396 e. The summed E-state index contributed by atoms with van der Waals surface area (Å²) in [5.41, 5.74) is 7.37. The van der Waals surface area contributed by atoms with Crippen LogP contribution >= 0.6 is 27.5 Å².